The van der Waals surface area contributed by atoms with Crippen LogP contribution in [0.3, 0.4) is 0 Å². The number of carbonyl (C=O) groups is 1. The van der Waals surface area contributed by atoms with Crippen molar-refractivity contribution in [3.05, 3.63) is 57.1 Å². The van der Waals surface area contributed by atoms with E-state index in [1.165, 1.54) is 23.7 Å². The first-order valence-electron chi connectivity index (χ1n) is 10.3. The van der Waals surface area contributed by atoms with Gasteiger partial charge in [-0.3, -0.25) is 4.79 Å². The van der Waals surface area contributed by atoms with Crippen molar-refractivity contribution in [1.82, 2.24) is 24.8 Å². The van der Waals surface area contributed by atoms with Crippen LogP contribution in [0, 0.1) is 0 Å². The molecule has 1 aromatic carbocycles. The predicted octanol–water partition coefficient (Wildman–Crippen LogP) is 3.12. The normalized spacial score (nSPS) is 15.1. The van der Waals surface area contributed by atoms with Gasteiger partial charge in [0.15, 0.2) is 5.65 Å². The summed E-state index contributed by atoms with van der Waals surface area (Å²) in [5.41, 5.74) is 3.43. The van der Waals surface area contributed by atoms with Gasteiger partial charge in [-0.25, -0.2) is 14.3 Å². The van der Waals surface area contributed by atoms with E-state index in [2.05, 4.69) is 25.8 Å². The topological polar surface area (TPSA) is 82.5 Å². The van der Waals surface area contributed by atoms with Gasteiger partial charge in [-0.15, -0.1) is 0 Å². The summed E-state index contributed by atoms with van der Waals surface area (Å²) in [7, 11) is 0. The van der Waals surface area contributed by atoms with Crippen LogP contribution in [0.2, 0.25) is 0 Å². The van der Waals surface area contributed by atoms with E-state index in [-0.39, 0.29) is 11.6 Å². The third kappa shape index (κ3) is 3.53. The SMILES string of the molecule is O=C(NCCN1CCCCC1)c1cc2n[nH]c(=O)n2c2cc(-c3ccsc3)ccc12. The Balaban J connectivity index is 1.49. The lowest BCUT2D eigenvalue weighted by Gasteiger charge is -2.26. The van der Waals surface area contributed by atoms with Gasteiger partial charge in [-0.1, -0.05) is 18.6 Å². The fourth-order valence-electron chi connectivity index (χ4n) is 4.19. The Kier molecular flexibility index (Phi) is 5.10. The summed E-state index contributed by atoms with van der Waals surface area (Å²) >= 11 is 1.62. The van der Waals surface area contributed by atoms with Crippen molar-refractivity contribution in [2.75, 3.05) is 26.2 Å². The quantitative estimate of drug-likeness (QED) is 0.519. The van der Waals surface area contributed by atoms with E-state index in [9.17, 15) is 9.59 Å². The monoisotopic (exact) mass is 421 g/mol. The number of fused-ring (bicyclic) bond motifs is 3. The van der Waals surface area contributed by atoms with Gasteiger partial charge in [-0.05, 0) is 66.0 Å². The molecule has 1 fully saturated rings. The highest BCUT2D eigenvalue weighted by molar-refractivity contribution is 7.08. The first-order valence-corrected chi connectivity index (χ1v) is 11.2. The van der Waals surface area contributed by atoms with E-state index in [0.29, 0.717) is 23.3 Å². The molecule has 0 spiro atoms. The number of hydrogen-bond acceptors (Lipinski definition) is 5. The number of nitrogens with one attached hydrogen (secondary N) is 2. The highest BCUT2D eigenvalue weighted by atomic mass is 32.1. The Labute approximate surface area is 177 Å². The summed E-state index contributed by atoms with van der Waals surface area (Å²) in [6.07, 6.45) is 3.76. The number of hydrogen-bond donors (Lipinski definition) is 2. The van der Waals surface area contributed by atoms with Crippen molar-refractivity contribution in [3.63, 3.8) is 0 Å². The van der Waals surface area contributed by atoms with E-state index < -0.39 is 0 Å². The van der Waals surface area contributed by atoms with E-state index in [4.69, 9.17) is 0 Å². The molecule has 0 aliphatic carbocycles. The Hall–Kier alpha value is -2.97. The third-order valence-corrected chi connectivity index (χ3v) is 6.45. The molecule has 7 nitrogen and oxygen atoms in total. The number of H-pyrrole nitrogens is 1. The lowest BCUT2D eigenvalue weighted by molar-refractivity contribution is 0.0948. The van der Waals surface area contributed by atoms with Crippen LogP contribution in [0.15, 0.2) is 45.9 Å². The Morgan fingerprint density at radius 2 is 2.00 bits per heavy atom. The van der Waals surface area contributed by atoms with E-state index >= 15 is 0 Å². The maximum atomic E-state index is 13.0. The zero-order chi connectivity index (χ0) is 20.5. The minimum absolute atomic E-state index is 0.141. The molecule has 2 N–H and O–H groups in total. The van der Waals surface area contributed by atoms with E-state index in [1.807, 2.05) is 29.6 Å². The zero-order valence-electron chi connectivity index (χ0n) is 16.6. The predicted molar refractivity (Wildman–Crippen MR) is 119 cm³/mol. The van der Waals surface area contributed by atoms with Crippen LogP contribution in [-0.2, 0) is 0 Å². The molecule has 1 amide bonds. The number of nitrogens with zero attached hydrogens (tertiary/aromatic N) is 3. The van der Waals surface area contributed by atoms with Gasteiger partial charge in [-0.2, -0.15) is 16.4 Å². The van der Waals surface area contributed by atoms with Crippen LogP contribution in [0.5, 0.6) is 0 Å². The average molecular weight is 422 g/mol. The van der Waals surface area contributed by atoms with Gasteiger partial charge >= 0.3 is 5.69 Å². The summed E-state index contributed by atoms with van der Waals surface area (Å²) < 4.78 is 1.52. The van der Waals surface area contributed by atoms with Crippen LogP contribution in [0.4, 0.5) is 0 Å². The highest BCUT2D eigenvalue weighted by Gasteiger charge is 2.17. The molecule has 154 valence electrons. The minimum atomic E-state index is -0.311. The van der Waals surface area contributed by atoms with Crippen LogP contribution in [-0.4, -0.2) is 51.6 Å². The second-order valence-electron chi connectivity index (χ2n) is 7.68. The Morgan fingerprint density at radius 1 is 1.13 bits per heavy atom. The molecule has 0 saturated carbocycles. The molecule has 8 heteroatoms. The number of carbonyl (C=O) groups excluding carboxylic acids is 1. The number of aromatic amines is 1. The minimum Gasteiger partial charge on any atom is -0.351 e. The van der Waals surface area contributed by atoms with Gasteiger partial charge in [0, 0.05) is 18.5 Å². The smallest absolute Gasteiger partial charge is 0.348 e. The first-order chi connectivity index (χ1) is 14.7. The van der Waals surface area contributed by atoms with Crippen molar-refractivity contribution in [2.24, 2.45) is 0 Å². The molecule has 4 aromatic rings. The lowest BCUT2D eigenvalue weighted by Crippen LogP contribution is -2.37. The molecule has 5 rings (SSSR count). The summed E-state index contributed by atoms with van der Waals surface area (Å²) in [6, 6.07) is 9.58. The molecule has 30 heavy (non-hydrogen) atoms. The second-order valence-corrected chi connectivity index (χ2v) is 8.46. The number of rotatable bonds is 5. The number of amides is 1. The van der Waals surface area contributed by atoms with Gasteiger partial charge in [0.1, 0.15) is 0 Å². The van der Waals surface area contributed by atoms with Crippen molar-refractivity contribution in [2.45, 2.75) is 19.3 Å². The molecule has 1 aliphatic rings. The van der Waals surface area contributed by atoms with Crippen LogP contribution >= 0.6 is 11.3 Å². The molecule has 4 heterocycles. The summed E-state index contributed by atoms with van der Waals surface area (Å²) in [4.78, 5) is 27.8. The number of benzene rings is 1. The molecule has 0 radical (unpaired) electrons. The largest absolute Gasteiger partial charge is 0.351 e. The fraction of sp³-hybridized carbons (Fsp3) is 0.318. The van der Waals surface area contributed by atoms with Gasteiger partial charge in [0.2, 0.25) is 0 Å². The second kappa shape index (κ2) is 8.04. The van der Waals surface area contributed by atoms with Crippen molar-refractivity contribution in [3.8, 4) is 11.1 Å². The summed E-state index contributed by atoms with van der Waals surface area (Å²) in [6.45, 7) is 3.67. The lowest BCUT2D eigenvalue weighted by atomic mass is 10.0. The van der Waals surface area contributed by atoms with Crippen LogP contribution in [0.1, 0.15) is 29.6 Å². The molecule has 1 aliphatic heterocycles. The van der Waals surface area contributed by atoms with Crippen LogP contribution < -0.4 is 11.0 Å². The number of thiophene rings is 1. The van der Waals surface area contributed by atoms with E-state index in [1.54, 1.807) is 17.4 Å². The van der Waals surface area contributed by atoms with Crippen LogP contribution in [0.25, 0.3) is 27.7 Å². The maximum Gasteiger partial charge on any atom is 0.348 e. The standard InChI is InChI=1S/C22H23N5O2S/c28-21(23-7-10-26-8-2-1-3-9-26)18-13-20-24-25-22(29)27(20)19-12-15(4-5-17(18)19)16-6-11-30-14-16/h4-6,11-14H,1-3,7-10H2,(H,23,28)(H,25,29). The number of pyridine rings is 1. The highest BCUT2D eigenvalue weighted by Crippen LogP contribution is 2.28. The molecule has 0 unspecified atom stereocenters. The Morgan fingerprint density at radius 3 is 2.80 bits per heavy atom. The van der Waals surface area contributed by atoms with Gasteiger partial charge in [0.25, 0.3) is 5.91 Å². The number of aromatic nitrogens is 3. The first kappa shape index (κ1) is 19.0. The average Bonchev–Trinajstić information content (AvgIpc) is 3.44. The molecular weight excluding hydrogens is 398 g/mol. The molecule has 1 saturated heterocycles. The Bertz CT molecular complexity index is 1250. The van der Waals surface area contributed by atoms with Crippen molar-refractivity contribution >= 4 is 33.8 Å². The zero-order valence-corrected chi connectivity index (χ0v) is 17.4. The molecule has 0 atom stereocenters. The maximum absolute atomic E-state index is 13.0. The fourth-order valence-corrected chi connectivity index (χ4v) is 4.86. The third-order valence-electron chi connectivity index (χ3n) is 5.76. The van der Waals surface area contributed by atoms with Crippen molar-refractivity contribution in [1.29, 1.82) is 0 Å². The van der Waals surface area contributed by atoms with Crippen molar-refractivity contribution < 1.29 is 4.79 Å². The summed E-state index contributed by atoms with van der Waals surface area (Å²) in [5, 5.41) is 14.5. The molecule has 0 bridgehead atoms. The van der Waals surface area contributed by atoms with Gasteiger partial charge < -0.3 is 10.2 Å². The molecular formula is C22H23N5O2S. The number of piperidine rings is 1. The van der Waals surface area contributed by atoms with E-state index in [0.717, 1.165) is 36.1 Å². The number of likely N-dealkylation sites (tertiary alicyclic amines) is 1. The van der Waals surface area contributed by atoms with Gasteiger partial charge in [0.05, 0.1) is 11.1 Å². The summed E-state index contributed by atoms with van der Waals surface area (Å²) in [5.74, 6) is -0.141. The molecule has 3 aromatic heterocycles.